The monoisotopic (exact) mass is 277 g/mol. The van der Waals surface area contributed by atoms with Gasteiger partial charge in [-0.1, -0.05) is 19.0 Å². The lowest BCUT2D eigenvalue weighted by atomic mass is 10.0. The van der Waals surface area contributed by atoms with E-state index in [1.54, 1.807) is 17.9 Å². The average molecular weight is 277 g/mol. The van der Waals surface area contributed by atoms with Crippen LogP contribution in [0.2, 0.25) is 0 Å². The quantitative estimate of drug-likeness (QED) is 0.898. The smallest absolute Gasteiger partial charge is 0.256 e. The first kappa shape index (κ1) is 14.2. The number of rotatable bonds is 5. The van der Waals surface area contributed by atoms with Crippen molar-refractivity contribution < 1.29 is 9.32 Å². The molecule has 0 aliphatic rings. The molecule has 2 heterocycles. The third-order valence-electron chi connectivity index (χ3n) is 3.11. The van der Waals surface area contributed by atoms with E-state index in [1.165, 1.54) is 6.33 Å². The van der Waals surface area contributed by atoms with Crippen LogP contribution < -0.4 is 5.32 Å². The Labute approximate surface area is 117 Å². The summed E-state index contributed by atoms with van der Waals surface area (Å²) in [7, 11) is 0. The van der Waals surface area contributed by atoms with Gasteiger partial charge >= 0.3 is 0 Å². The number of aromatic nitrogens is 4. The van der Waals surface area contributed by atoms with E-state index < -0.39 is 0 Å². The second kappa shape index (κ2) is 5.85. The van der Waals surface area contributed by atoms with Crippen LogP contribution in [0.4, 0.5) is 0 Å². The summed E-state index contributed by atoms with van der Waals surface area (Å²) in [6, 6.07) is 0.0316. The molecule has 0 aromatic carbocycles. The number of amides is 1. The van der Waals surface area contributed by atoms with E-state index in [1.807, 2.05) is 20.8 Å². The Bertz CT molecular complexity index is 574. The molecule has 7 heteroatoms. The molecule has 0 bridgehead atoms. The first-order valence-corrected chi connectivity index (χ1v) is 6.59. The molecule has 0 spiro atoms. The summed E-state index contributed by atoms with van der Waals surface area (Å²) in [5, 5.41) is 10.9. The van der Waals surface area contributed by atoms with Crippen LogP contribution in [0.15, 0.2) is 17.2 Å². The Morgan fingerprint density at radius 1 is 1.45 bits per heavy atom. The van der Waals surface area contributed by atoms with Gasteiger partial charge in [0.25, 0.3) is 5.91 Å². The minimum absolute atomic E-state index is 0.0316. The number of hydrogen-bond acceptors (Lipinski definition) is 5. The van der Waals surface area contributed by atoms with Gasteiger partial charge in [-0.2, -0.15) is 5.10 Å². The summed E-state index contributed by atoms with van der Waals surface area (Å²) < 4.78 is 6.82. The molecule has 0 saturated carbocycles. The molecular formula is C13H19N5O2. The van der Waals surface area contributed by atoms with Crippen molar-refractivity contribution in [3.63, 3.8) is 0 Å². The van der Waals surface area contributed by atoms with Crippen molar-refractivity contribution in [2.75, 3.05) is 6.54 Å². The van der Waals surface area contributed by atoms with E-state index >= 15 is 0 Å². The number of aryl methyl sites for hydroxylation is 1. The molecule has 20 heavy (non-hydrogen) atoms. The molecular weight excluding hydrogens is 258 g/mol. The van der Waals surface area contributed by atoms with Gasteiger partial charge in [0.2, 0.25) is 0 Å². The third-order valence-corrected chi connectivity index (χ3v) is 3.11. The van der Waals surface area contributed by atoms with Crippen LogP contribution in [0.25, 0.3) is 0 Å². The van der Waals surface area contributed by atoms with Gasteiger partial charge in [0.1, 0.15) is 24.0 Å². The lowest BCUT2D eigenvalue weighted by molar-refractivity contribution is 0.0945. The van der Waals surface area contributed by atoms with Gasteiger partial charge in [-0.25, -0.2) is 9.67 Å². The van der Waals surface area contributed by atoms with E-state index in [4.69, 9.17) is 4.52 Å². The molecule has 0 unspecified atom stereocenters. The van der Waals surface area contributed by atoms with Crippen LogP contribution >= 0.6 is 0 Å². The maximum absolute atomic E-state index is 12.3. The number of nitrogens with one attached hydrogen (secondary N) is 1. The number of carbonyl (C=O) groups is 1. The van der Waals surface area contributed by atoms with Crippen LogP contribution in [-0.2, 0) is 0 Å². The van der Waals surface area contributed by atoms with E-state index in [2.05, 4.69) is 20.6 Å². The molecule has 108 valence electrons. The predicted octanol–water partition coefficient (Wildman–Crippen LogP) is 1.69. The molecule has 1 amide bonds. The standard InChI is InChI=1S/C13H19N5O2/c1-8(2)12-11(10(4)20-17-12)13(19)15-5-9(3)18-7-14-6-16-18/h6-9H,5H2,1-4H3,(H,15,19)/t9-/m1/s1. The molecule has 7 nitrogen and oxygen atoms in total. The fourth-order valence-electron chi connectivity index (χ4n) is 1.93. The minimum Gasteiger partial charge on any atom is -0.361 e. The van der Waals surface area contributed by atoms with E-state index in [0.29, 0.717) is 23.6 Å². The van der Waals surface area contributed by atoms with Crippen molar-refractivity contribution in [2.45, 2.75) is 39.7 Å². The zero-order valence-corrected chi connectivity index (χ0v) is 12.1. The highest BCUT2D eigenvalue weighted by molar-refractivity contribution is 5.96. The highest BCUT2D eigenvalue weighted by Gasteiger charge is 2.22. The lowest BCUT2D eigenvalue weighted by Gasteiger charge is -2.13. The zero-order chi connectivity index (χ0) is 14.7. The molecule has 2 rings (SSSR count). The van der Waals surface area contributed by atoms with Crippen molar-refractivity contribution in [1.82, 2.24) is 25.2 Å². The summed E-state index contributed by atoms with van der Waals surface area (Å²) in [6.07, 6.45) is 3.10. The Hall–Kier alpha value is -2.18. The second-order valence-corrected chi connectivity index (χ2v) is 5.09. The molecule has 1 atom stereocenters. The number of carbonyl (C=O) groups excluding carboxylic acids is 1. The number of nitrogens with zero attached hydrogens (tertiary/aromatic N) is 4. The van der Waals surface area contributed by atoms with Crippen molar-refractivity contribution >= 4 is 5.91 Å². The summed E-state index contributed by atoms with van der Waals surface area (Å²) in [6.45, 7) is 8.12. The molecule has 0 aliphatic carbocycles. The summed E-state index contributed by atoms with van der Waals surface area (Å²) in [5.41, 5.74) is 1.22. The van der Waals surface area contributed by atoms with Gasteiger partial charge in [-0.3, -0.25) is 4.79 Å². The first-order chi connectivity index (χ1) is 9.50. The molecule has 2 aromatic rings. The molecule has 0 saturated heterocycles. The molecule has 1 N–H and O–H groups in total. The molecule has 0 radical (unpaired) electrons. The summed E-state index contributed by atoms with van der Waals surface area (Å²) in [5.74, 6) is 0.514. The van der Waals surface area contributed by atoms with E-state index in [-0.39, 0.29) is 17.9 Å². The van der Waals surface area contributed by atoms with Gasteiger partial charge in [-0.15, -0.1) is 0 Å². The highest BCUT2D eigenvalue weighted by Crippen LogP contribution is 2.21. The van der Waals surface area contributed by atoms with Crippen LogP contribution in [0.3, 0.4) is 0 Å². The fourth-order valence-corrected chi connectivity index (χ4v) is 1.93. The Morgan fingerprint density at radius 3 is 2.80 bits per heavy atom. The predicted molar refractivity (Wildman–Crippen MR) is 72.4 cm³/mol. The molecule has 2 aromatic heterocycles. The van der Waals surface area contributed by atoms with E-state index in [0.717, 1.165) is 0 Å². The van der Waals surface area contributed by atoms with Crippen LogP contribution in [-0.4, -0.2) is 32.4 Å². The van der Waals surface area contributed by atoms with Crippen LogP contribution in [0.1, 0.15) is 54.5 Å². The Kier molecular flexibility index (Phi) is 4.16. The van der Waals surface area contributed by atoms with Gasteiger partial charge in [0.15, 0.2) is 0 Å². The van der Waals surface area contributed by atoms with Gasteiger partial charge < -0.3 is 9.84 Å². The van der Waals surface area contributed by atoms with Gasteiger partial charge in [-0.05, 0) is 19.8 Å². The Morgan fingerprint density at radius 2 is 2.20 bits per heavy atom. The first-order valence-electron chi connectivity index (χ1n) is 6.59. The Balaban J connectivity index is 2.04. The topological polar surface area (TPSA) is 85.8 Å². The highest BCUT2D eigenvalue weighted by atomic mass is 16.5. The van der Waals surface area contributed by atoms with Gasteiger partial charge in [0, 0.05) is 6.54 Å². The maximum Gasteiger partial charge on any atom is 0.256 e. The lowest BCUT2D eigenvalue weighted by Crippen LogP contribution is -2.30. The van der Waals surface area contributed by atoms with Gasteiger partial charge in [0.05, 0.1) is 11.7 Å². The van der Waals surface area contributed by atoms with Crippen molar-refractivity contribution in [3.05, 3.63) is 29.7 Å². The summed E-state index contributed by atoms with van der Waals surface area (Å²) in [4.78, 5) is 16.2. The van der Waals surface area contributed by atoms with Crippen LogP contribution in [0.5, 0.6) is 0 Å². The SMILES string of the molecule is Cc1onc(C(C)C)c1C(=O)NC[C@@H](C)n1cncn1. The minimum atomic E-state index is -0.167. The fraction of sp³-hybridized carbons (Fsp3) is 0.538. The summed E-state index contributed by atoms with van der Waals surface area (Å²) >= 11 is 0. The van der Waals surface area contributed by atoms with Crippen molar-refractivity contribution in [3.8, 4) is 0 Å². The average Bonchev–Trinajstić information content (AvgIpc) is 3.04. The van der Waals surface area contributed by atoms with Crippen molar-refractivity contribution in [2.24, 2.45) is 0 Å². The molecule has 0 fully saturated rings. The maximum atomic E-state index is 12.3. The largest absolute Gasteiger partial charge is 0.361 e. The third kappa shape index (κ3) is 2.87. The normalized spacial score (nSPS) is 12.7. The zero-order valence-electron chi connectivity index (χ0n) is 12.1. The second-order valence-electron chi connectivity index (χ2n) is 5.09. The number of hydrogen-bond donors (Lipinski definition) is 1. The van der Waals surface area contributed by atoms with E-state index in [9.17, 15) is 4.79 Å². The van der Waals surface area contributed by atoms with Crippen LogP contribution in [0, 0.1) is 6.92 Å². The van der Waals surface area contributed by atoms with Crippen molar-refractivity contribution in [1.29, 1.82) is 0 Å². The molecule has 0 aliphatic heterocycles.